The average molecular weight is 191 g/mol. The molecule has 1 nitrogen and oxygen atoms in total. The minimum absolute atomic E-state index is 0.686. The van der Waals surface area contributed by atoms with Gasteiger partial charge >= 0.3 is 0 Å². The second kappa shape index (κ2) is 6.61. The van der Waals surface area contributed by atoms with Crippen molar-refractivity contribution in [3.63, 3.8) is 0 Å². The molecule has 0 aliphatic rings. The topological polar surface area (TPSA) is 26.0 Å². The van der Waals surface area contributed by atoms with Gasteiger partial charge in [-0.1, -0.05) is 43.7 Å². The third kappa shape index (κ3) is 4.43. The van der Waals surface area contributed by atoms with Gasteiger partial charge in [-0.25, -0.2) is 0 Å². The van der Waals surface area contributed by atoms with Crippen molar-refractivity contribution in [3.05, 3.63) is 35.9 Å². The van der Waals surface area contributed by atoms with Gasteiger partial charge in [-0.05, 0) is 37.3 Å². The fourth-order valence-corrected chi connectivity index (χ4v) is 1.58. The number of hydrogen-bond donors (Lipinski definition) is 1. The summed E-state index contributed by atoms with van der Waals surface area (Å²) in [4.78, 5) is 0. The van der Waals surface area contributed by atoms with Crippen molar-refractivity contribution >= 4 is 0 Å². The van der Waals surface area contributed by atoms with E-state index in [0.717, 1.165) is 6.54 Å². The first-order valence-electron chi connectivity index (χ1n) is 5.57. The summed E-state index contributed by atoms with van der Waals surface area (Å²) in [6.45, 7) is 3.05. The molecule has 0 aliphatic carbocycles. The van der Waals surface area contributed by atoms with Crippen LogP contribution in [0.25, 0.3) is 0 Å². The second-order valence-electron chi connectivity index (χ2n) is 4.07. The van der Waals surface area contributed by atoms with Gasteiger partial charge in [0.05, 0.1) is 0 Å². The van der Waals surface area contributed by atoms with Gasteiger partial charge in [0.25, 0.3) is 0 Å². The van der Waals surface area contributed by atoms with Crippen LogP contribution < -0.4 is 5.73 Å². The summed E-state index contributed by atoms with van der Waals surface area (Å²) in [6.07, 6.45) is 5.06. The highest BCUT2D eigenvalue weighted by Gasteiger charge is 1.98. The highest BCUT2D eigenvalue weighted by molar-refractivity contribution is 5.14. The Bertz CT molecular complexity index is 230. The zero-order chi connectivity index (χ0) is 10.2. The van der Waals surface area contributed by atoms with Crippen LogP contribution in [-0.2, 0) is 6.42 Å². The molecule has 1 rings (SSSR count). The van der Waals surface area contributed by atoms with Crippen molar-refractivity contribution in [1.82, 2.24) is 0 Å². The van der Waals surface area contributed by atoms with E-state index in [1.54, 1.807) is 0 Å². The van der Waals surface area contributed by atoms with Crippen molar-refractivity contribution < 1.29 is 0 Å². The van der Waals surface area contributed by atoms with Crippen LogP contribution in [0.1, 0.15) is 31.7 Å². The molecule has 0 saturated carbocycles. The van der Waals surface area contributed by atoms with Gasteiger partial charge < -0.3 is 5.73 Å². The molecule has 0 bridgehead atoms. The molecule has 78 valence electrons. The minimum atomic E-state index is 0.686. The lowest BCUT2D eigenvalue weighted by molar-refractivity contribution is 0.507. The van der Waals surface area contributed by atoms with E-state index in [4.69, 9.17) is 5.73 Å². The molecule has 0 radical (unpaired) electrons. The molecule has 0 spiro atoms. The van der Waals surface area contributed by atoms with Crippen LogP contribution >= 0.6 is 0 Å². The molecule has 1 atom stereocenters. The predicted octanol–water partition coefficient (Wildman–Crippen LogP) is 2.99. The summed E-state index contributed by atoms with van der Waals surface area (Å²) in [7, 11) is 0. The van der Waals surface area contributed by atoms with Gasteiger partial charge in [-0.3, -0.25) is 0 Å². The lowest BCUT2D eigenvalue weighted by Gasteiger charge is -2.07. The molecule has 0 amide bonds. The zero-order valence-electron chi connectivity index (χ0n) is 9.08. The van der Waals surface area contributed by atoms with E-state index in [-0.39, 0.29) is 0 Å². The smallest absolute Gasteiger partial charge is 0.00515 e. The molecule has 1 aromatic rings. The number of benzene rings is 1. The Kier molecular flexibility index (Phi) is 5.31. The second-order valence-corrected chi connectivity index (χ2v) is 4.07. The molecule has 14 heavy (non-hydrogen) atoms. The normalized spacial score (nSPS) is 12.7. The van der Waals surface area contributed by atoms with E-state index in [1.807, 2.05) is 0 Å². The van der Waals surface area contributed by atoms with Gasteiger partial charge in [-0.2, -0.15) is 0 Å². The molecule has 0 saturated heterocycles. The maximum Gasteiger partial charge on any atom is -0.00515 e. The number of unbranched alkanes of at least 4 members (excludes halogenated alkanes) is 1. The van der Waals surface area contributed by atoms with Crippen LogP contribution in [0.15, 0.2) is 30.3 Å². The van der Waals surface area contributed by atoms with Gasteiger partial charge in [-0.15, -0.1) is 0 Å². The molecule has 1 heteroatoms. The minimum Gasteiger partial charge on any atom is -0.330 e. The largest absolute Gasteiger partial charge is 0.330 e. The highest BCUT2D eigenvalue weighted by atomic mass is 14.5. The van der Waals surface area contributed by atoms with Crippen LogP contribution in [0, 0.1) is 5.92 Å². The van der Waals surface area contributed by atoms with E-state index in [2.05, 4.69) is 37.3 Å². The standard InChI is InChI=1S/C13H21N/c1-12(11-14)7-5-6-10-13-8-3-2-4-9-13/h2-4,8-9,12H,5-7,10-11,14H2,1H3. The van der Waals surface area contributed by atoms with E-state index < -0.39 is 0 Å². The van der Waals surface area contributed by atoms with Crippen LogP contribution in [0.3, 0.4) is 0 Å². The molecule has 2 N–H and O–H groups in total. The van der Waals surface area contributed by atoms with E-state index in [9.17, 15) is 0 Å². The summed E-state index contributed by atoms with van der Waals surface area (Å²) in [5.74, 6) is 0.686. The van der Waals surface area contributed by atoms with E-state index in [1.165, 1.54) is 31.2 Å². The van der Waals surface area contributed by atoms with E-state index >= 15 is 0 Å². The first kappa shape index (κ1) is 11.3. The Hall–Kier alpha value is -0.820. The van der Waals surface area contributed by atoms with Crippen molar-refractivity contribution in [2.75, 3.05) is 6.54 Å². The number of hydrogen-bond acceptors (Lipinski definition) is 1. The lowest BCUT2D eigenvalue weighted by atomic mass is 10.0. The van der Waals surface area contributed by atoms with Crippen LogP contribution in [-0.4, -0.2) is 6.54 Å². The summed E-state index contributed by atoms with van der Waals surface area (Å²) in [5.41, 5.74) is 7.02. The quantitative estimate of drug-likeness (QED) is 0.687. The van der Waals surface area contributed by atoms with Crippen molar-refractivity contribution in [2.45, 2.75) is 32.6 Å². The Balaban J connectivity index is 2.10. The molecule has 0 aliphatic heterocycles. The van der Waals surface area contributed by atoms with Crippen LogP contribution in [0.4, 0.5) is 0 Å². The summed E-state index contributed by atoms with van der Waals surface area (Å²) < 4.78 is 0. The number of nitrogens with two attached hydrogens (primary N) is 1. The van der Waals surface area contributed by atoms with Gasteiger partial charge in [0.1, 0.15) is 0 Å². The van der Waals surface area contributed by atoms with Crippen LogP contribution in [0.2, 0.25) is 0 Å². The Morgan fingerprint density at radius 1 is 1.14 bits per heavy atom. The Morgan fingerprint density at radius 2 is 1.86 bits per heavy atom. The van der Waals surface area contributed by atoms with Gasteiger partial charge in [0.2, 0.25) is 0 Å². The fraction of sp³-hybridized carbons (Fsp3) is 0.538. The third-order valence-electron chi connectivity index (χ3n) is 2.66. The molecule has 0 heterocycles. The highest BCUT2D eigenvalue weighted by Crippen LogP contribution is 2.10. The molecule has 1 aromatic carbocycles. The lowest BCUT2D eigenvalue weighted by Crippen LogP contribution is -2.10. The molecule has 0 fully saturated rings. The molecular weight excluding hydrogens is 170 g/mol. The maximum atomic E-state index is 5.57. The SMILES string of the molecule is CC(CN)CCCCc1ccccc1. The Labute approximate surface area is 87.3 Å². The number of aryl methyl sites for hydroxylation is 1. The molecule has 0 aromatic heterocycles. The first-order valence-corrected chi connectivity index (χ1v) is 5.57. The fourth-order valence-electron chi connectivity index (χ4n) is 1.58. The average Bonchev–Trinajstić information content (AvgIpc) is 2.25. The molecular formula is C13H21N. The van der Waals surface area contributed by atoms with Gasteiger partial charge in [0, 0.05) is 0 Å². The van der Waals surface area contributed by atoms with E-state index in [0.29, 0.717) is 5.92 Å². The zero-order valence-corrected chi connectivity index (χ0v) is 9.08. The number of rotatable bonds is 6. The monoisotopic (exact) mass is 191 g/mol. The Morgan fingerprint density at radius 3 is 2.50 bits per heavy atom. The van der Waals surface area contributed by atoms with Gasteiger partial charge in [0.15, 0.2) is 0 Å². The summed E-state index contributed by atoms with van der Waals surface area (Å²) in [5, 5.41) is 0. The first-order chi connectivity index (χ1) is 6.83. The molecule has 1 unspecified atom stereocenters. The summed E-state index contributed by atoms with van der Waals surface area (Å²) >= 11 is 0. The van der Waals surface area contributed by atoms with Crippen LogP contribution in [0.5, 0.6) is 0 Å². The van der Waals surface area contributed by atoms with Crippen molar-refractivity contribution in [2.24, 2.45) is 11.7 Å². The van der Waals surface area contributed by atoms with Crippen molar-refractivity contribution in [3.8, 4) is 0 Å². The van der Waals surface area contributed by atoms with Crippen molar-refractivity contribution in [1.29, 1.82) is 0 Å². The third-order valence-corrected chi connectivity index (χ3v) is 2.66. The maximum absolute atomic E-state index is 5.57. The predicted molar refractivity (Wildman–Crippen MR) is 62.2 cm³/mol. The summed E-state index contributed by atoms with van der Waals surface area (Å²) in [6, 6.07) is 10.7.